The number of carbonyl (C=O) groups is 2. The molecule has 0 aliphatic rings. The Bertz CT molecular complexity index is 385. The van der Waals surface area contributed by atoms with Gasteiger partial charge in [0.2, 0.25) is 11.8 Å². The van der Waals surface area contributed by atoms with E-state index in [0.29, 0.717) is 30.7 Å². The molecular formula is C11H21N2O6P. The lowest BCUT2D eigenvalue weighted by Crippen LogP contribution is -2.30. The summed E-state index contributed by atoms with van der Waals surface area (Å²) in [5.41, 5.74) is 0.974. The van der Waals surface area contributed by atoms with Gasteiger partial charge in [0.15, 0.2) is 0 Å². The number of nitrogens with one attached hydrogen (secondary N) is 2. The summed E-state index contributed by atoms with van der Waals surface area (Å²) in [5, 5.41) is 5.35. The van der Waals surface area contributed by atoms with Crippen LogP contribution in [0.25, 0.3) is 0 Å². The number of rotatable bonds is 6. The van der Waals surface area contributed by atoms with Crippen molar-refractivity contribution in [3.8, 4) is 0 Å². The van der Waals surface area contributed by atoms with Gasteiger partial charge in [-0.3, -0.25) is 14.2 Å². The average molecular weight is 308 g/mol. The highest BCUT2D eigenvalue weighted by Crippen LogP contribution is 2.18. The first-order valence-corrected chi connectivity index (χ1v) is 7.12. The summed E-state index contributed by atoms with van der Waals surface area (Å²) >= 11 is 0. The molecule has 0 atom stereocenters. The van der Waals surface area contributed by atoms with Gasteiger partial charge in [0.1, 0.15) is 0 Å². The van der Waals surface area contributed by atoms with E-state index in [0.717, 1.165) is 0 Å². The Balaban J connectivity index is -0.000000465. The van der Waals surface area contributed by atoms with Crippen molar-refractivity contribution in [1.29, 1.82) is 0 Å². The van der Waals surface area contributed by atoms with Gasteiger partial charge >= 0.3 is 1.43 Å². The smallest absolute Gasteiger partial charge is 0.756 e. The zero-order valence-electron chi connectivity index (χ0n) is 12.5. The van der Waals surface area contributed by atoms with Crippen LogP contribution in [0.15, 0.2) is 24.3 Å². The third kappa shape index (κ3) is 18.9. The van der Waals surface area contributed by atoms with Crippen LogP contribution in [0.3, 0.4) is 0 Å². The molecule has 0 aromatic carbocycles. The van der Waals surface area contributed by atoms with Crippen molar-refractivity contribution < 1.29 is 30.3 Å². The lowest BCUT2D eigenvalue weighted by molar-refractivity contribution is -0.214. The molecule has 0 rings (SSSR count). The van der Waals surface area contributed by atoms with E-state index in [1.54, 1.807) is 13.8 Å². The minimum Gasteiger partial charge on any atom is -0.756 e. The average Bonchev–Trinajstić information content (AvgIpc) is 2.25. The molecule has 2 amide bonds. The van der Waals surface area contributed by atoms with E-state index < -0.39 is 7.82 Å². The maximum Gasteiger partial charge on any atom is 1.00 e. The van der Waals surface area contributed by atoms with Crippen LogP contribution in [0.5, 0.6) is 0 Å². The third-order valence-electron chi connectivity index (χ3n) is 1.70. The predicted octanol–water partition coefficient (Wildman–Crippen LogP) is -0.687. The second kappa shape index (κ2) is 10.3. The largest absolute Gasteiger partial charge is 1.00 e. The summed E-state index contributed by atoms with van der Waals surface area (Å²) in [5.74, 6) is -0.303. The summed E-state index contributed by atoms with van der Waals surface area (Å²) in [4.78, 5) is 45.0. The van der Waals surface area contributed by atoms with Crippen molar-refractivity contribution in [3.05, 3.63) is 24.3 Å². The lowest BCUT2D eigenvalue weighted by atomic mass is 10.3. The van der Waals surface area contributed by atoms with Crippen LogP contribution in [0.1, 0.15) is 21.7 Å². The Morgan fingerprint density at radius 3 is 1.55 bits per heavy atom. The van der Waals surface area contributed by atoms with Crippen molar-refractivity contribution in [3.63, 3.8) is 0 Å². The summed E-state index contributed by atoms with van der Waals surface area (Å²) in [6, 6.07) is 0. The molecule has 0 saturated carbocycles. The molecule has 116 valence electrons. The van der Waals surface area contributed by atoms with Gasteiger partial charge in [-0.25, -0.2) is 0 Å². The number of amides is 2. The van der Waals surface area contributed by atoms with Gasteiger partial charge in [-0.1, -0.05) is 13.2 Å². The van der Waals surface area contributed by atoms with Crippen LogP contribution < -0.4 is 15.5 Å². The predicted molar refractivity (Wildman–Crippen MR) is 73.4 cm³/mol. The quantitative estimate of drug-likeness (QED) is 0.291. The van der Waals surface area contributed by atoms with Crippen LogP contribution >= 0.6 is 7.82 Å². The molecule has 0 radical (unpaired) electrons. The molecule has 0 saturated heterocycles. The topological polar surface area (TPSA) is 139 Å². The van der Waals surface area contributed by atoms with E-state index >= 15 is 0 Å². The molecule has 0 aliphatic heterocycles. The molecule has 0 bridgehead atoms. The Morgan fingerprint density at radius 1 is 1.10 bits per heavy atom. The van der Waals surface area contributed by atoms with Gasteiger partial charge in [0.25, 0.3) is 7.82 Å². The van der Waals surface area contributed by atoms with Crippen LogP contribution in [-0.2, 0) is 14.2 Å². The summed E-state index contributed by atoms with van der Waals surface area (Å²) in [6.07, 6.45) is 0.693. The first kappa shape index (κ1) is 20.8. The van der Waals surface area contributed by atoms with Crippen LogP contribution in [-0.4, -0.2) is 34.7 Å². The van der Waals surface area contributed by atoms with Crippen LogP contribution in [0.4, 0.5) is 0 Å². The lowest BCUT2D eigenvalue weighted by Gasteiger charge is -2.06. The fraction of sp³-hybridized carbons (Fsp3) is 0.455. The molecule has 0 heterocycles. The van der Waals surface area contributed by atoms with Gasteiger partial charge in [0, 0.05) is 24.2 Å². The highest BCUT2D eigenvalue weighted by Gasteiger charge is 2.01. The van der Waals surface area contributed by atoms with Crippen LogP contribution in [0.2, 0.25) is 0 Å². The molecule has 0 spiro atoms. The second-order valence-electron chi connectivity index (χ2n) is 3.92. The molecule has 0 fully saturated rings. The van der Waals surface area contributed by atoms with Crippen molar-refractivity contribution in [2.75, 3.05) is 13.1 Å². The second-order valence-corrected chi connectivity index (χ2v) is 4.90. The first-order valence-electron chi connectivity index (χ1n) is 5.59. The molecular weight excluding hydrogens is 287 g/mol. The SMILES string of the molecule is C=C(C)C(=O)NCCCNC(=O)C(=C)C.O=P([O-])(O)O.[H+]. The number of phosphoric acid groups is 1. The Labute approximate surface area is 119 Å². The van der Waals surface area contributed by atoms with E-state index in [1.807, 2.05) is 0 Å². The summed E-state index contributed by atoms with van der Waals surface area (Å²) in [6.45, 7) is 11.4. The maximum atomic E-state index is 11.0. The minimum absolute atomic E-state index is 0. The van der Waals surface area contributed by atoms with Gasteiger partial charge in [-0.05, 0) is 20.3 Å². The third-order valence-corrected chi connectivity index (χ3v) is 1.70. The van der Waals surface area contributed by atoms with Crippen LogP contribution in [0, 0.1) is 0 Å². The fourth-order valence-corrected chi connectivity index (χ4v) is 0.794. The van der Waals surface area contributed by atoms with Gasteiger partial charge in [-0.15, -0.1) is 0 Å². The Kier molecular flexibility index (Phi) is 10.8. The number of hydrogen-bond acceptors (Lipinski definition) is 4. The fourth-order valence-electron chi connectivity index (χ4n) is 0.794. The van der Waals surface area contributed by atoms with E-state index in [9.17, 15) is 9.59 Å². The zero-order valence-corrected chi connectivity index (χ0v) is 12.4. The molecule has 9 heteroatoms. The first-order chi connectivity index (χ1) is 8.95. The molecule has 0 unspecified atom stereocenters. The monoisotopic (exact) mass is 308 g/mol. The Hall–Kier alpha value is -1.47. The highest BCUT2D eigenvalue weighted by molar-refractivity contribution is 7.43. The molecule has 4 N–H and O–H groups in total. The summed E-state index contributed by atoms with van der Waals surface area (Å²) in [7, 11) is -4.89. The van der Waals surface area contributed by atoms with Gasteiger partial charge < -0.3 is 25.3 Å². The number of carbonyl (C=O) groups excluding carboxylic acids is 2. The molecule has 0 aromatic rings. The normalized spacial score (nSPS) is 9.85. The van der Waals surface area contributed by atoms with E-state index in [-0.39, 0.29) is 13.2 Å². The van der Waals surface area contributed by atoms with Gasteiger partial charge in [0.05, 0.1) is 0 Å². The van der Waals surface area contributed by atoms with E-state index in [2.05, 4.69) is 23.8 Å². The molecule has 0 aliphatic carbocycles. The zero-order chi connectivity index (χ0) is 16.3. The van der Waals surface area contributed by atoms with Crippen molar-refractivity contribution in [2.24, 2.45) is 0 Å². The maximum absolute atomic E-state index is 11.0. The van der Waals surface area contributed by atoms with E-state index in [1.165, 1.54) is 0 Å². The highest BCUT2D eigenvalue weighted by atomic mass is 31.2. The molecule has 0 aromatic heterocycles. The van der Waals surface area contributed by atoms with E-state index in [4.69, 9.17) is 19.2 Å². The number of hydrogen-bond donors (Lipinski definition) is 4. The summed E-state index contributed by atoms with van der Waals surface area (Å²) < 4.78 is 8.77. The van der Waals surface area contributed by atoms with Gasteiger partial charge in [-0.2, -0.15) is 0 Å². The standard InChI is InChI=1S/C11H18N2O2.H3O4P/c1-8(2)10(14)12-6-5-7-13-11(15)9(3)4;1-5(2,3)4/h1,3,5-7H2,2,4H3,(H,12,14)(H,13,15);(H3,1,2,3,4). The van der Waals surface area contributed by atoms with Crippen molar-refractivity contribution >= 4 is 19.6 Å². The minimum atomic E-state index is -4.89. The van der Waals surface area contributed by atoms with Crippen molar-refractivity contribution in [2.45, 2.75) is 20.3 Å². The Morgan fingerprint density at radius 2 is 1.35 bits per heavy atom. The van der Waals surface area contributed by atoms with Crippen molar-refractivity contribution in [1.82, 2.24) is 10.6 Å². The molecule has 8 nitrogen and oxygen atoms in total. The molecule has 20 heavy (non-hydrogen) atoms.